The average molecular weight is 128 g/mol. The third-order valence-corrected chi connectivity index (χ3v) is 0.959. The molecule has 0 aliphatic heterocycles. The minimum Gasteiger partial charge on any atom is -0.316 e. The van der Waals surface area contributed by atoms with Gasteiger partial charge in [-0.1, -0.05) is 12.2 Å². The first-order valence-electron chi connectivity index (χ1n) is 3.21. The van der Waals surface area contributed by atoms with Gasteiger partial charge in [0.15, 0.2) is 0 Å². The normalized spacial score (nSPS) is 11.6. The first-order chi connectivity index (χ1) is 4.27. The second-order valence-corrected chi connectivity index (χ2v) is 2.29. The summed E-state index contributed by atoms with van der Waals surface area (Å²) in [4.78, 5) is 2.13. The molecule has 0 radical (unpaired) electrons. The molecule has 0 saturated carbocycles. The fourth-order valence-corrected chi connectivity index (χ4v) is 0.487. The minimum absolute atomic E-state index is 0.966. The van der Waals surface area contributed by atoms with Crippen molar-refractivity contribution in [3.05, 3.63) is 12.2 Å². The molecule has 0 amide bonds. The molecule has 1 N–H and O–H groups in total. The van der Waals surface area contributed by atoms with E-state index < -0.39 is 0 Å². The van der Waals surface area contributed by atoms with Crippen molar-refractivity contribution >= 4 is 0 Å². The second-order valence-electron chi connectivity index (χ2n) is 2.29. The highest BCUT2D eigenvalue weighted by Gasteiger charge is 1.79. The van der Waals surface area contributed by atoms with E-state index in [1.54, 1.807) is 0 Å². The molecule has 0 spiro atoms. The Hall–Kier alpha value is -0.340. The molecule has 0 atom stereocenters. The van der Waals surface area contributed by atoms with Crippen molar-refractivity contribution < 1.29 is 0 Å². The topological polar surface area (TPSA) is 15.3 Å². The number of rotatable bonds is 4. The summed E-state index contributed by atoms with van der Waals surface area (Å²) >= 11 is 0. The summed E-state index contributed by atoms with van der Waals surface area (Å²) < 4.78 is 0. The molecule has 0 heterocycles. The van der Waals surface area contributed by atoms with Gasteiger partial charge in [0.25, 0.3) is 0 Å². The smallest absolute Gasteiger partial charge is 0.0157 e. The van der Waals surface area contributed by atoms with Crippen LogP contribution in [0.1, 0.15) is 0 Å². The Morgan fingerprint density at radius 1 is 1.33 bits per heavy atom. The predicted molar refractivity (Wildman–Crippen MR) is 41.6 cm³/mol. The standard InChI is InChI=1S/C7H16N2/c1-8-6-4-5-7-9(2)3/h4-5,8H,6-7H2,1-3H3/b5-4-. The highest BCUT2D eigenvalue weighted by Crippen LogP contribution is 1.75. The van der Waals surface area contributed by atoms with E-state index in [1.165, 1.54) is 0 Å². The van der Waals surface area contributed by atoms with Crippen LogP contribution >= 0.6 is 0 Å². The Morgan fingerprint density at radius 2 is 2.00 bits per heavy atom. The Morgan fingerprint density at radius 3 is 2.44 bits per heavy atom. The van der Waals surface area contributed by atoms with Crippen molar-refractivity contribution in [3.63, 3.8) is 0 Å². The maximum Gasteiger partial charge on any atom is 0.0157 e. The van der Waals surface area contributed by atoms with E-state index in [9.17, 15) is 0 Å². The van der Waals surface area contributed by atoms with Gasteiger partial charge in [0.05, 0.1) is 0 Å². The molecule has 0 aromatic heterocycles. The van der Waals surface area contributed by atoms with E-state index in [-0.39, 0.29) is 0 Å². The molecular weight excluding hydrogens is 112 g/mol. The summed E-state index contributed by atoms with van der Waals surface area (Å²) in [6, 6.07) is 0. The van der Waals surface area contributed by atoms with Gasteiger partial charge >= 0.3 is 0 Å². The summed E-state index contributed by atoms with van der Waals surface area (Å²) in [5.41, 5.74) is 0. The van der Waals surface area contributed by atoms with Gasteiger partial charge in [-0.15, -0.1) is 0 Å². The Labute approximate surface area is 57.5 Å². The quantitative estimate of drug-likeness (QED) is 0.549. The van der Waals surface area contributed by atoms with Crippen LogP contribution in [0.3, 0.4) is 0 Å². The lowest BCUT2D eigenvalue weighted by Gasteiger charge is -2.02. The lowest BCUT2D eigenvalue weighted by atomic mass is 10.4. The van der Waals surface area contributed by atoms with E-state index in [1.807, 2.05) is 7.05 Å². The summed E-state index contributed by atoms with van der Waals surface area (Å²) in [7, 11) is 6.06. The maximum atomic E-state index is 3.04. The molecule has 0 fully saturated rings. The summed E-state index contributed by atoms with van der Waals surface area (Å²) in [5, 5.41) is 3.04. The molecule has 0 aliphatic carbocycles. The zero-order chi connectivity index (χ0) is 7.11. The fraction of sp³-hybridized carbons (Fsp3) is 0.714. The molecule has 0 aromatic carbocycles. The van der Waals surface area contributed by atoms with Gasteiger partial charge in [-0.2, -0.15) is 0 Å². The number of hydrogen-bond acceptors (Lipinski definition) is 2. The van der Waals surface area contributed by atoms with Gasteiger partial charge in [-0.05, 0) is 21.1 Å². The number of nitrogens with one attached hydrogen (secondary N) is 1. The molecule has 2 heteroatoms. The predicted octanol–water partition coefficient (Wildman–Crippen LogP) is 0.324. The Balaban J connectivity index is 3.04. The lowest BCUT2D eigenvalue weighted by molar-refractivity contribution is 0.456. The van der Waals surface area contributed by atoms with Crippen LogP contribution in [0.4, 0.5) is 0 Å². The highest BCUT2D eigenvalue weighted by atomic mass is 15.0. The van der Waals surface area contributed by atoms with E-state index in [2.05, 4.69) is 36.5 Å². The molecule has 0 aliphatic rings. The third-order valence-electron chi connectivity index (χ3n) is 0.959. The Bertz CT molecular complexity index is 77.0. The molecule has 54 valence electrons. The Kier molecular flexibility index (Phi) is 5.57. The van der Waals surface area contributed by atoms with E-state index in [0.29, 0.717) is 0 Å². The molecule has 0 rings (SSSR count). The summed E-state index contributed by atoms with van der Waals surface area (Å²) in [6.07, 6.45) is 4.27. The summed E-state index contributed by atoms with van der Waals surface area (Å²) in [5.74, 6) is 0. The van der Waals surface area contributed by atoms with Gasteiger partial charge in [0.2, 0.25) is 0 Å². The van der Waals surface area contributed by atoms with Crippen LogP contribution in [-0.4, -0.2) is 39.1 Å². The molecule has 2 nitrogen and oxygen atoms in total. The molecule has 9 heavy (non-hydrogen) atoms. The minimum atomic E-state index is 0.966. The third kappa shape index (κ3) is 7.66. The molecule has 0 aromatic rings. The number of likely N-dealkylation sites (N-methyl/N-ethyl adjacent to an activating group) is 2. The lowest BCUT2D eigenvalue weighted by Crippen LogP contribution is -2.11. The average Bonchev–Trinajstić information content (AvgIpc) is 1.80. The largest absolute Gasteiger partial charge is 0.316 e. The molecule has 0 bridgehead atoms. The van der Waals surface area contributed by atoms with Crippen molar-refractivity contribution in [1.82, 2.24) is 10.2 Å². The van der Waals surface area contributed by atoms with Crippen LogP contribution in [0.2, 0.25) is 0 Å². The van der Waals surface area contributed by atoms with Crippen LogP contribution in [0.5, 0.6) is 0 Å². The SMILES string of the molecule is CNC/C=C\CN(C)C. The van der Waals surface area contributed by atoms with Gasteiger partial charge in [0, 0.05) is 13.1 Å². The van der Waals surface area contributed by atoms with Crippen molar-refractivity contribution in [2.75, 3.05) is 34.2 Å². The van der Waals surface area contributed by atoms with E-state index in [0.717, 1.165) is 13.1 Å². The van der Waals surface area contributed by atoms with E-state index >= 15 is 0 Å². The first kappa shape index (κ1) is 8.66. The molecule has 0 saturated heterocycles. The van der Waals surface area contributed by atoms with E-state index in [4.69, 9.17) is 0 Å². The van der Waals surface area contributed by atoms with Gasteiger partial charge in [-0.25, -0.2) is 0 Å². The van der Waals surface area contributed by atoms with Crippen molar-refractivity contribution in [2.45, 2.75) is 0 Å². The van der Waals surface area contributed by atoms with Gasteiger partial charge in [-0.3, -0.25) is 0 Å². The number of hydrogen-bond donors (Lipinski definition) is 1. The molecular formula is C7H16N2. The zero-order valence-corrected chi connectivity index (χ0v) is 6.52. The highest BCUT2D eigenvalue weighted by molar-refractivity contribution is 4.84. The van der Waals surface area contributed by atoms with Crippen molar-refractivity contribution in [3.8, 4) is 0 Å². The van der Waals surface area contributed by atoms with Crippen LogP contribution in [0.15, 0.2) is 12.2 Å². The first-order valence-corrected chi connectivity index (χ1v) is 3.21. The van der Waals surface area contributed by atoms with Gasteiger partial charge < -0.3 is 10.2 Å². The van der Waals surface area contributed by atoms with Crippen LogP contribution in [0.25, 0.3) is 0 Å². The van der Waals surface area contributed by atoms with Crippen LogP contribution in [-0.2, 0) is 0 Å². The van der Waals surface area contributed by atoms with Crippen LogP contribution in [0, 0.1) is 0 Å². The summed E-state index contributed by atoms with van der Waals surface area (Å²) in [6.45, 7) is 2.00. The second kappa shape index (κ2) is 5.79. The zero-order valence-electron chi connectivity index (χ0n) is 6.52. The van der Waals surface area contributed by atoms with Crippen molar-refractivity contribution in [1.29, 1.82) is 0 Å². The monoisotopic (exact) mass is 128 g/mol. The fourth-order valence-electron chi connectivity index (χ4n) is 0.487. The number of nitrogens with zero attached hydrogens (tertiary/aromatic N) is 1. The van der Waals surface area contributed by atoms with Gasteiger partial charge in [0.1, 0.15) is 0 Å². The van der Waals surface area contributed by atoms with Crippen LogP contribution < -0.4 is 5.32 Å². The van der Waals surface area contributed by atoms with Crippen molar-refractivity contribution in [2.24, 2.45) is 0 Å². The molecule has 0 unspecified atom stereocenters. The maximum absolute atomic E-state index is 3.04.